The molecule has 3 nitrogen and oxygen atoms in total. The molecule has 0 spiro atoms. The first-order valence-electron chi connectivity index (χ1n) is 8.61. The lowest BCUT2D eigenvalue weighted by Crippen LogP contribution is -2.50. The summed E-state index contributed by atoms with van der Waals surface area (Å²) in [7, 11) is 0. The summed E-state index contributed by atoms with van der Waals surface area (Å²) in [6.07, 6.45) is 8.82. The quantitative estimate of drug-likeness (QED) is 0.676. The number of nitrogens with two attached hydrogens (primary N) is 1. The van der Waals surface area contributed by atoms with E-state index in [0.717, 1.165) is 44.1 Å². The third-order valence-electron chi connectivity index (χ3n) is 5.67. The van der Waals surface area contributed by atoms with E-state index >= 15 is 0 Å². The Morgan fingerprint density at radius 2 is 1.90 bits per heavy atom. The zero-order valence-corrected chi connectivity index (χ0v) is 14.3. The molecule has 120 valence electrons. The highest BCUT2D eigenvalue weighted by atomic mass is 32.1. The van der Waals surface area contributed by atoms with Gasteiger partial charge < -0.3 is 11.1 Å². The minimum atomic E-state index is -0.629. The van der Waals surface area contributed by atoms with Gasteiger partial charge in [-0.3, -0.25) is 4.79 Å². The molecule has 0 radical (unpaired) electrons. The van der Waals surface area contributed by atoms with Crippen LogP contribution in [0.5, 0.6) is 0 Å². The van der Waals surface area contributed by atoms with Crippen molar-refractivity contribution in [1.29, 1.82) is 0 Å². The summed E-state index contributed by atoms with van der Waals surface area (Å²) in [6.45, 7) is 5.00. The van der Waals surface area contributed by atoms with Crippen LogP contribution in [-0.2, 0) is 4.79 Å². The number of fused-ring (bicyclic) bond motifs is 2. The Bertz CT molecular complexity index is 390. The Kier molecular flexibility index (Phi) is 5.64. The first-order valence-corrected chi connectivity index (χ1v) is 9.02. The Morgan fingerprint density at radius 3 is 2.33 bits per heavy atom. The van der Waals surface area contributed by atoms with Crippen molar-refractivity contribution in [2.45, 2.75) is 65.2 Å². The molecular formula is C17H30N2OS. The third-order valence-corrected chi connectivity index (χ3v) is 6.06. The van der Waals surface area contributed by atoms with E-state index in [-0.39, 0.29) is 5.91 Å². The third kappa shape index (κ3) is 3.41. The molecule has 21 heavy (non-hydrogen) atoms. The second-order valence-corrected chi connectivity index (χ2v) is 7.53. The van der Waals surface area contributed by atoms with Crippen LogP contribution in [0.2, 0.25) is 0 Å². The molecule has 1 amide bonds. The average molecular weight is 311 g/mol. The highest BCUT2D eigenvalue weighted by Gasteiger charge is 2.42. The van der Waals surface area contributed by atoms with Crippen molar-refractivity contribution in [3.8, 4) is 0 Å². The number of thiocarbonyl (C=S) groups is 1. The van der Waals surface area contributed by atoms with E-state index in [9.17, 15) is 4.79 Å². The van der Waals surface area contributed by atoms with Crippen molar-refractivity contribution in [3.63, 3.8) is 0 Å². The number of hydrogen-bond donors (Lipinski definition) is 2. The van der Waals surface area contributed by atoms with Gasteiger partial charge in [0.1, 0.15) is 0 Å². The van der Waals surface area contributed by atoms with E-state index in [1.807, 2.05) is 0 Å². The number of carbonyl (C=O) groups excluding carboxylic acids is 1. The fourth-order valence-corrected chi connectivity index (χ4v) is 4.88. The Morgan fingerprint density at radius 1 is 1.24 bits per heavy atom. The zero-order valence-electron chi connectivity index (χ0n) is 13.5. The molecule has 2 rings (SSSR count). The van der Waals surface area contributed by atoms with Crippen molar-refractivity contribution < 1.29 is 4.79 Å². The maximum absolute atomic E-state index is 12.8. The van der Waals surface area contributed by atoms with Gasteiger partial charge >= 0.3 is 0 Å². The van der Waals surface area contributed by atoms with Crippen LogP contribution in [0.15, 0.2) is 0 Å². The smallest absolute Gasteiger partial charge is 0.233 e. The molecule has 0 heterocycles. The normalized spacial score (nSPS) is 27.8. The summed E-state index contributed by atoms with van der Waals surface area (Å²) < 4.78 is 0. The molecule has 0 aliphatic heterocycles. The number of amides is 1. The van der Waals surface area contributed by atoms with Gasteiger partial charge in [0.2, 0.25) is 5.91 Å². The van der Waals surface area contributed by atoms with Gasteiger partial charge in [-0.25, -0.2) is 0 Å². The molecule has 0 saturated heterocycles. The van der Waals surface area contributed by atoms with Gasteiger partial charge in [-0.1, -0.05) is 45.3 Å². The zero-order chi connectivity index (χ0) is 15.5. The number of carbonyl (C=O) groups is 1. The minimum Gasteiger partial charge on any atom is -0.392 e. The second-order valence-electron chi connectivity index (χ2n) is 7.09. The highest BCUT2D eigenvalue weighted by molar-refractivity contribution is 7.80. The maximum Gasteiger partial charge on any atom is 0.233 e. The van der Waals surface area contributed by atoms with Gasteiger partial charge in [0.05, 0.1) is 10.4 Å². The monoisotopic (exact) mass is 310 g/mol. The van der Waals surface area contributed by atoms with Crippen LogP contribution in [-0.4, -0.2) is 17.4 Å². The predicted molar refractivity (Wildman–Crippen MR) is 91.0 cm³/mol. The Labute approximate surface area is 134 Å². The van der Waals surface area contributed by atoms with Crippen LogP contribution in [0, 0.1) is 23.2 Å². The van der Waals surface area contributed by atoms with Crippen LogP contribution in [0.25, 0.3) is 0 Å². The van der Waals surface area contributed by atoms with E-state index in [1.165, 1.54) is 25.7 Å². The van der Waals surface area contributed by atoms with Gasteiger partial charge in [-0.15, -0.1) is 0 Å². The average Bonchev–Trinajstić information content (AvgIpc) is 3.06. The fourth-order valence-electron chi connectivity index (χ4n) is 4.58. The molecule has 3 unspecified atom stereocenters. The summed E-state index contributed by atoms with van der Waals surface area (Å²) in [5.41, 5.74) is 5.33. The Hall–Kier alpha value is -0.640. The molecule has 3 N–H and O–H groups in total. The lowest BCUT2D eigenvalue weighted by Gasteiger charge is -2.32. The number of rotatable bonds is 8. The summed E-state index contributed by atoms with van der Waals surface area (Å²) >= 11 is 5.26. The molecule has 3 atom stereocenters. The van der Waals surface area contributed by atoms with E-state index < -0.39 is 5.41 Å². The molecule has 2 fully saturated rings. The first kappa shape index (κ1) is 16.7. The SMILES string of the molecule is CCCC(CCC)(C(=O)NCC1CC2CCC1C2)C(N)=S. The van der Waals surface area contributed by atoms with E-state index in [4.69, 9.17) is 18.0 Å². The molecule has 0 aromatic rings. The van der Waals surface area contributed by atoms with Crippen molar-refractivity contribution in [2.75, 3.05) is 6.54 Å². The summed E-state index contributed by atoms with van der Waals surface area (Å²) in [5.74, 6) is 2.51. The number of nitrogens with one attached hydrogen (secondary N) is 1. The molecule has 2 bridgehead atoms. The van der Waals surface area contributed by atoms with Gasteiger partial charge in [0, 0.05) is 6.54 Å². The molecular weight excluding hydrogens is 280 g/mol. The van der Waals surface area contributed by atoms with Crippen LogP contribution in [0.4, 0.5) is 0 Å². The van der Waals surface area contributed by atoms with Crippen molar-refractivity contribution in [1.82, 2.24) is 5.32 Å². The lowest BCUT2D eigenvalue weighted by atomic mass is 9.78. The van der Waals surface area contributed by atoms with Crippen molar-refractivity contribution >= 4 is 23.1 Å². The minimum absolute atomic E-state index is 0.0708. The molecule has 2 saturated carbocycles. The molecule has 0 aromatic heterocycles. The van der Waals surface area contributed by atoms with E-state index in [0.29, 0.717) is 10.9 Å². The predicted octanol–water partition coefficient (Wildman–Crippen LogP) is 3.41. The molecule has 2 aliphatic carbocycles. The number of hydrogen-bond acceptors (Lipinski definition) is 2. The Balaban J connectivity index is 1.96. The summed E-state index contributed by atoms with van der Waals surface area (Å²) in [5, 5.41) is 3.19. The largest absolute Gasteiger partial charge is 0.392 e. The fraction of sp³-hybridized carbons (Fsp3) is 0.882. The second kappa shape index (κ2) is 7.08. The van der Waals surface area contributed by atoms with Crippen LogP contribution in [0.1, 0.15) is 65.2 Å². The lowest BCUT2D eigenvalue weighted by molar-refractivity contribution is -0.128. The van der Waals surface area contributed by atoms with Crippen molar-refractivity contribution in [3.05, 3.63) is 0 Å². The topological polar surface area (TPSA) is 55.1 Å². The van der Waals surface area contributed by atoms with Crippen molar-refractivity contribution in [2.24, 2.45) is 28.9 Å². The highest BCUT2D eigenvalue weighted by Crippen LogP contribution is 2.48. The van der Waals surface area contributed by atoms with Gasteiger partial charge in [0.25, 0.3) is 0 Å². The molecule has 2 aliphatic rings. The summed E-state index contributed by atoms with van der Waals surface area (Å²) in [6, 6.07) is 0. The van der Waals surface area contributed by atoms with E-state index in [2.05, 4.69) is 19.2 Å². The van der Waals surface area contributed by atoms with Crippen LogP contribution < -0.4 is 11.1 Å². The molecule has 4 heteroatoms. The molecule has 0 aromatic carbocycles. The maximum atomic E-state index is 12.8. The van der Waals surface area contributed by atoms with Gasteiger partial charge in [0.15, 0.2) is 0 Å². The van der Waals surface area contributed by atoms with Gasteiger partial charge in [-0.2, -0.15) is 0 Å². The summed E-state index contributed by atoms with van der Waals surface area (Å²) in [4.78, 5) is 13.1. The van der Waals surface area contributed by atoms with Crippen LogP contribution in [0.3, 0.4) is 0 Å². The standard InChI is InChI=1S/C17H30N2OS/c1-3-7-17(8-4-2,15(18)21)16(20)19-11-14-10-12-5-6-13(14)9-12/h12-14H,3-11H2,1-2H3,(H2,18,21)(H,19,20). The van der Waals surface area contributed by atoms with Crippen LogP contribution >= 0.6 is 12.2 Å². The van der Waals surface area contributed by atoms with E-state index in [1.54, 1.807) is 0 Å². The van der Waals surface area contributed by atoms with Gasteiger partial charge in [-0.05, 0) is 49.9 Å². The first-order chi connectivity index (χ1) is 10.0.